The number of rotatable bonds is 12. The molecule has 2 unspecified atom stereocenters. The lowest BCUT2D eigenvalue weighted by atomic mass is 10.1. The fraction of sp³-hybridized carbons (Fsp3) is 0.667. The monoisotopic (exact) mass is 371 g/mol. The molecule has 144 valence electrons. The summed E-state index contributed by atoms with van der Waals surface area (Å²) in [6.07, 6.45) is 1.37. The molecule has 0 amide bonds. The molecule has 2 atom stereocenters. The van der Waals surface area contributed by atoms with Crippen molar-refractivity contribution in [3.05, 3.63) is 24.3 Å². The third kappa shape index (κ3) is 9.32. The van der Waals surface area contributed by atoms with E-state index in [1.54, 1.807) is 24.3 Å². The van der Waals surface area contributed by atoms with Gasteiger partial charge in [0, 0.05) is 19.6 Å². The average Bonchev–Trinajstić information content (AvgIpc) is 2.54. The summed E-state index contributed by atoms with van der Waals surface area (Å²) in [4.78, 5) is 0.633. The van der Waals surface area contributed by atoms with Gasteiger partial charge < -0.3 is 20.9 Å². The van der Waals surface area contributed by atoms with Crippen molar-refractivity contribution in [3.63, 3.8) is 0 Å². The molecule has 0 aliphatic heterocycles. The fourth-order valence-electron chi connectivity index (χ4n) is 1.97. The van der Waals surface area contributed by atoms with E-state index in [4.69, 9.17) is 20.9 Å². The highest BCUT2D eigenvalue weighted by Crippen LogP contribution is 2.19. The van der Waals surface area contributed by atoms with Crippen molar-refractivity contribution in [1.82, 2.24) is 4.72 Å². The third-order valence-corrected chi connectivity index (χ3v) is 4.93. The van der Waals surface area contributed by atoms with Gasteiger partial charge in [-0.15, -0.1) is 0 Å². The van der Waals surface area contributed by atoms with Crippen molar-refractivity contribution in [2.75, 3.05) is 19.8 Å². The third-order valence-electron chi connectivity index (χ3n) is 3.71. The predicted octanol–water partition coefficient (Wildman–Crippen LogP) is 2.15. The first-order valence-corrected chi connectivity index (χ1v) is 9.89. The first-order valence-electron chi connectivity index (χ1n) is 8.74. The second kappa shape index (κ2) is 10.9. The lowest BCUT2D eigenvalue weighted by Crippen LogP contribution is -2.44. The molecule has 5 N–H and O–H groups in total. The average molecular weight is 372 g/mol. The van der Waals surface area contributed by atoms with E-state index in [2.05, 4.69) is 32.4 Å². The summed E-state index contributed by atoms with van der Waals surface area (Å²) in [5.74, 6) is 1.38. The van der Waals surface area contributed by atoms with Crippen LogP contribution >= 0.6 is 0 Å². The highest BCUT2D eigenvalue weighted by Gasteiger charge is 2.18. The van der Waals surface area contributed by atoms with Gasteiger partial charge in [0.05, 0.1) is 23.3 Å². The zero-order valence-electron chi connectivity index (χ0n) is 15.8. The molecule has 0 spiro atoms. The van der Waals surface area contributed by atoms with Crippen LogP contribution in [0.15, 0.2) is 29.2 Å². The molecule has 0 fully saturated rings. The molecule has 0 saturated carbocycles. The number of ether oxygens (including phenoxy) is 2. The molecule has 1 aromatic rings. The maximum absolute atomic E-state index is 12.0. The van der Waals surface area contributed by atoms with Crippen LogP contribution in [0, 0.1) is 5.92 Å². The van der Waals surface area contributed by atoms with Gasteiger partial charge in [-0.05, 0) is 50.5 Å². The van der Waals surface area contributed by atoms with Gasteiger partial charge in [0.15, 0.2) is 0 Å². The quantitative estimate of drug-likeness (QED) is 0.489. The van der Waals surface area contributed by atoms with E-state index in [1.807, 2.05) is 0 Å². The Morgan fingerprint density at radius 3 is 2.40 bits per heavy atom. The van der Waals surface area contributed by atoms with Crippen LogP contribution in [0.5, 0.6) is 5.75 Å². The van der Waals surface area contributed by atoms with E-state index in [-0.39, 0.29) is 12.1 Å². The van der Waals surface area contributed by atoms with Crippen molar-refractivity contribution in [3.8, 4) is 5.75 Å². The van der Waals surface area contributed by atoms with Gasteiger partial charge in [0.1, 0.15) is 16.7 Å². The molecular weight excluding hydrogens is 338 g/mol. The lowest BCUT2D eigenvalue weighted by Gasteiger charge is -2.25. The van der Waals surface area contributed by atoms with Crippen molar-refractivity contribution in [2.45, 2.75) is 57.2 Å². The van der Waals surface area contributed by atoms with E-state index in [0.29, 0.717) is 17.4 Å². The smallest absolute Gasteiger partial charge is 0.126 e. The number of nitrogens with one attached hydrogen (secondary N) is 1. The van der Waals surface area contributed by atoms with Crippen LogP contribution < -0.4 is 20.9 Å². The minimum atomic E-state index is -1.38. The number of hydrogen-bond donors (Lipinski definition) is 3. The summed E-state index contributed by atoms with van der Waals surface area (Å²) in [5, 5.41) is 0. The van der Waals surface area contributed by atoms with Crippen LogP contribution in [-0.2, 0) is 15.7 Å². The SMILES string of the molecule is CC(C)CCOC(C)(C)CCOc1ccc(S(=O)NC(N)CN)cc1. The number of nitrogens with two attached hydrogens (primary N) is 2. The van der Waals surface area contributed by atoms with E-state index < -0.39 is 17.2 Å². The minimum absolute atomic E-state index is 0.210. The Bertz CT molecular complexity index is 521. The molecule has 1 rings (SSSR count). The molecule has 0 heterocycles. The summed E-state index contributed by atoms with van der Waals surface area (Å²) < 4.78 is 26.4. The summed E-state index contributed by atoms with van der Waals surface area (Å²) >= 11 is 0. The van der Waals surface area contributed by atoms with Crippen molar-refractivity contribution in [1.29, 1.82) is 0 Å². The second-order valence-electron chi connectivity index (χ2n) is 7.09. The van der Waals surface area contributed by atoms with Crippen LogP contribution in [0.25, 0.3) is 0 Å². The highest BCUT2D eigenvalue weighted by atomic mass is 32.2. The van der Waals surface area contributed by atoms with Gasteiger partial charge in [-0.2, -0.15) is 0 Å². The lowest BCUT2D eigenvalue weighted by molar-refractivity contribution is -0.0346. The highest BCUT2D eigenvalue weighted by molar-refractivity contribution is 7.83. The van der Waals surface area contributed by atoms with Gasteiger partial charge in [0.25, 0.3) is 0 Å². The van der Waals surface area contributed by atoms with E-state index in [1.165, 1.54) is 0 Å². The van der Waals surface area contributed by atoms with Crippen LogP contribution in [0.3, 0.4) is 0 Å². The number of hydrogen-bond acceptors (Lipinski definition) is 5. The zero-order chi connectivity index (χ0) is 18.9. The fourth-order valence-corrected chi connectivity index (χ4v) is 2.86. The summed E-state index contributed by atoms with van der Waals surface area (Å²) in [5.41, 5.74) is 10.8. The maximum atomic E-state index is 12.0. The molecule has 0 aliphatic carbocycles. The largest absolute Gasteiger partial charge is 0.493 e. The molecule has 6 nitrogen and oxygen atoms in total. The normalized spacial score (nSPS) is 14.5. The summed E-state index contributed by atoms with van der Waals surface area (Å²) in [7, 11) is -1.38. The first kappa shape index (κ1) is 22.1. The summed E-state index contributed by atoms with van der Waals surface area (Å²) in [6, 6.07) is 7.11. The van der Waals surface area contributed by atoms with E-state index in [0.717, 1.165) is 25.2 Å². The van der Waals surface area contributed by atoms with Gasteiger partial charge in [0.2, 0.25) is 0 Å². The molecule has 0 radical (unpaired) electrons. The van der Waals surface area contributed by atoms with Gasteiger partial charge in [-0.25, -0.2) is 8.93 Å². The van der Waals surface area contributed by atoms with Crippen LogP contribution in [-0.4, -0.2) is 35.7 Å². The van der Waals surface area contributed by atoms with E-state index in [9.17, 15) is 4.21 Å². The Balaban J connectivity index is 2.39. The number of benzene rings is 1. The van der Waals surface area contributed by atoms with Crippen LogP contribution in [0.2, 0.25) is 0 Å². The molecule has 0 saturated heterocycles. The van der Waals surface area contributed by atoms with Gasteiger partial charge in [-0.3, -0.25) is 0 Å². The molecular formula is C18H33N3O3S. The predicted molar refractivity (Wildman–Crippen MR) is 103 cm³/mol. The van der Waals surface area contributed by atoms with Crippen molar-refractivity contribution >= 4 is 11.0 Å². The minimum Gasteiger partial charge on any atom is -0.493 e. The Morgan fingerprint density at radius 1 is 1.20 bits per heavy atom. The Hall–Kier alpha value is -0.990. The molecule has 0 bridgehead atoms. The maximum Gasteiger partial charge on any atom is 0.126 e. The van der Waals surface area contributed by atoms with Gasteiger partial charge >= 0.3 is 0 Å². The second-order valence-corrected chi connectivity index (χ2v) is 8.33. The van der Waals surface area contributed by atoms with Crippen molar-refractivity contribution in [2.24, 2.45) is 17.4 Å². The van der Waals surface area contributed by atoms with Gasteiger partial charge in [-0.1, -0.05) is 13.8 Å². The zero-order valence-corrected chi connectivity index (χ0v) is 16.6. The van der Waals surface area contributed by atoms with Crippen LogP contribution in [0.1, 0.15) is 40.5 Å². The first-order chi connectivity index (χ1) is 11.7. The van der Waals surface area contributed by atoms with E-state index >= 15 is 0 Å². The topological polar surface area (TPSA) is 99.6 Å². The Morgan fingerprint density at radius 2 is 1.84 bits per heavy atom. The molecule has 25 heavy (non-hydrogen) atoms. The Labute approximate surface area is 154 Å². The molecule has 7 heteroatoms. The standard InChI is InChI=1S/C18H33N3O3S/c1-14(2)9-11-24-18(3,4)10-12-23-15-5-7-16(8-6-15)25(22)21-17(20)13-19/h5-8,14,17,21H,9-13,19-20H2,1-4H3. The molecule has 0 aromatic heterocycles. The van der Waals surface area contributed by atoms with Crippen molar-refractivity contribution < 1.29 is 13.7 Å². The Kier molecular flexibility index (Phi) is 9.60. The molecule has 0 aliphatic rings. The summed E-state index contributed by atoms with van der Waals surface area (Å²) in [6.45, 7) is 10.1. The van der Waals surface area contributed by atoms with Crippen LogP contribution in [0.4, 0.5) is 0 Å². The molecule has 1 aromatic carbocycles.